The van der Waals surface area contributed by atoms with E-state index in [-0.39, 0.29) is 12.4 Å². The number of carbonyl (C=O) groups excluding carboxylic acids is 1. The van der Waals surface area contributed by atoms with E-state index in [1.54, 1.807) is 7.11 Å². The van der Waals surface area contributed by atoms with Gasteiger partial charge in [0.05, 0.1) is 6.61 Å². The number of rotatable bonds is 3. The molecule has 1 heterocycles. The summed E-state index contributed by atoms with van der Waals surface area (Å²) in [5, 5.41) is 0. The van der Waals surface area contributed by atoms with Gasteiger partial charge in [-0.05, 0) is 12.8 Å². The highest BCUT2D eigenvalue weighted by molar-refractivity contribution is 5.85. The summed E-state index contributed by atoms with van der Waals surface area (Å²) in [5.41, 5.74) is 0. The molecule has 3 nitrogen and oxygen atoms in total. The molecule has 0 amide bonds. The SMILES string of the molecule is COCCN1CCC(=O)C2CCCCC21.Cl. The summed E-state index contributed by atoms with van der Waals surface area (Å²) < 4.78 is 5.12. The molecule has 0 aromatic rings. The summed E-state index contributed by atoms with van der Waals surface area (Å²) in [4.78, 5) is 14.3. The highest BCUT2D eigenvalue weighted by Crippen LogP contribution is 2.32. The van der Waals surface area contributed by atoms with Crippen molar-refractivity contribution in [2.24, 2.45) is 5.92 Å². The zero-order valence-corrected chi connectivity index (χ0v) is 10.8. The number of hydrogen-bond acceptors (Lipinski definition) is 3. The zero-order valence-electron chi connectivity index (χ0n) is 9.98. The van der Waals surface area contributed by atoms with E-state index in [1.165, 1.54) is 19.3 Å². The molecule has 16 heavy (non-hydrogen) atoms. The number of ether oxygens (including phenoxy) is 1. The lowest BCUT2D eigenvalue weighted by Crippen LogP contribution is -2.51. The maximum atomic E-state index is 11.8. The number of ketones is 1. The lowest BCUT2D eigenvalue weighted by atomic mass is 9.77. The van der Waals surface area contributed by atoms with Crippen LogP contribution in [0.4, 0.5) is 0 Å². The lowest BCUT2D eigenvalue weighted by molar-refractivity contribution is -0.131. The van der Waals surface area contributed by atoms with Gasteiger partial charge in [-0.15, -0.1) is 12.4 Å². The molecule has 2 unspecified atom stereocenters. The van der Waals surface area contributed by atoms with Gasteiger partial charge < -0.3 is 4.74 Å². The molecule has 94 valence electrons. The van der Waals surface area contributed by atoms with Gasteiger partial charge in [0.15, 0.2) is 0 Å². The van der Waals surface area contributed by atoms with Gasteiger partial charge in [-0.3, -0.25) is 9.69 Å². The van der Waals surface area contributed by atoms with Crippen LogP contribution < -0.4 is 0 Å². The maximum absolute atomic E-state index is 11.8. The number of carbonyl (C=O) groups is 1. The second-order valence-corrected chi connectivity index (χ2v) is 4.70. The fourth-order valence-corrected chi connectivity index (χ4v) is 3.02. The van der Waals surface area contributed by atoms with E-state index in [0.717, 1.165) is 32.5 Å². The van der Waals surface area contributed by atoms with Gasteiger partial charge in [0, 0.05) is 38.6 Å². The van der Waals surface area contributed by atoms with Crippen molar-refractivity contribution in [2.45, 2.75) is 38.1 Å². The van der Waals surface area contributed by atoms with Crippen LogP contribution >= 0.6 is 12.4 Å². The third-order valence-electron chi connectivity index (χ3n) is 3.84. The second-order valence-electron chi connectivity index (χ2n) is 4.70. The van der Waals surface area contributed by atoms with Gasteiger partial charge in [0.25, 0.3) is 0 Å². The van der Waals surface area contributed by atoms with Crippen LogP contribution in [-0.4, -0.2) is 43.5 Å². The zero-order chi connectivity index (χ0) is 10.7. The minimum absolute atomic E-state index is 0. The first-order valence-corrected chi connectivity index (χ1v) is 6.08. The minimum Gasteiger partial charge on any atom is -0.383 e. The Morgan fingerprint density at radius 3 is 2.88 bits per heavy atom. The van der Waals surface area contributed by atoms with E-state index in [0.29, 0.717) is 17.7 Å². The molecule has 1 saturated heterocycles. The van der Waals surface area contributed by atoms with Crippen molar-refractivity contribution in [1.29, 1.82) is 0 Å². The number of hydrogen-bond donors (Lipinski definition) is 0. The van der Waals surface area contributed by atoms with Crippen molar-refractivity contribution in [3.05, 3.63) is 0 Å². The first-order chi connectivity index (χ1) is 7.33. The molecule has 1 saturated carbocycles. The Hall–Kier alpha value is -0.120. The van der Waals surface area contributed by atoms with Gasteiger partial charge in [-0.1, -0.05) is 12.8 Å². The van der Waals surface area contributed by atoms with Gasteiger partial charge in [-0.25, -0.2) is 0 Å². The smallest absolute Gasteiger partial charge is 0.138 e. The summed E-state index contributed by atoms with van der Waals surface area (Å²) in [5.74, 6) is 0.845. The summed E-state index contributed by atoms with van der Waals surface area (Å²) >= 11 is 0. The van der Waals surface area contributed by atoms with Gasteiger partial charge in [0.2, 0.25) is 0 Å². The van der Waals surface area contributed by atoms with Crippen LogP contribution in [0.15, 0.2) is 0 Å². The Morgan fingerprint density at radius 1 is 1.38 bits per heavy atom. The van der Waals surface area contributed by atoms with Crippen LogP contribution in [0.5, 0.6) is 0 Å². The quantitative estimate of drug-likeness (QED) is 0.763. The molecule has 4 heteroatoms. The van der Waals surface area contributed by atoms with Crippen molar-refractivity contribution in [2.75, 3.05) is 26.8 Å². The molecule has 2 fully saturated rings. The van der Waals surface area contributed by atoms with Crippen molar-refractivity contribution in [3.8, 4) is 0 Å². The Kier molecular flexibility index (Phi) is 5.73. The van der Waals surface area contributed by atoms with E-state index in [2.05, 4.69) is 4.90 Å². The molecule has 0 radical (unpaired) electrons. The molecule has 0 aromatic carbocycles. The van der Waals surface area contributed by atoms with Gasteiger partial charge in [-0.2, -0.15) is 0 Å². The predicted octanol–water partition coefficient (Wildman–Crippen LogP) is 1.89. The van der Waals surface area contributed by atoms with Crippen molar-refractivity contribution in [3.63, 3.8) is 0 Å². The van der Waals surface area contributed by atoms with Crippen molar-refractivity contribution >= 4 is 18.2 Å². The first kappa shape index (κ1) is 13.9. The predicted molar refractivity (Wildman–Crippen MR) is 66.1 cm³/mol. The van der Waals surface area contributed by atoms with Crippen LogP contribution in [0.2, 0.25) is 0 Å². The van der Waals surface area contributed by atoms with Crippen LogP contribution in [0.25, 0.3) is 0 Å². The summed E-state index contributed by atoms with van der Waals surface area (Å²) in [7, 11) is 1.74. The fourth-order valence-electron chi connectivity index (χ4n) is 3.02. The van der Waals surface area contributed by atoms with E-state index >= 15 is 0 Å². The maximum Gasteiger partial charge on any atom is 0.138 e. The van der Waals surface area contributed by atoms with E-state index in [1.807, 2.05) is 0 Å². The lowest BCUT2D eigenvalue weighted by Gasteiger charge is -2.43. The van der Waals surface area contributed by atoms with Crippen LogP contribution in [0.1, 0.15) is 32.1 Å². The van der Waals surface area contributed by atoms with Gasteiger partial charge >= 0.3 is 0 Å². The Balaban J connectivity index is 0.00000128. The minimum atomic E-state index is 0. The van der Waals surface area contributed by atoms with Crippen LogP contribution in [0, 0.1) is 5.92 Å². The summed E-state index contributed by atoms with van der Waals surface area (Å²) in [6.07, 6.45) is 5.61. The molecule has 2 aliphatic rings. The topological polar surface area (TPSA) is 29.5 Å². The average molecular weight is 248 g/mol. The van der Waals surface area contributed by atoms with Crippen LogP contribution in [0.3, 0.4) is 0 Å². The van der Waals surface area contributed by atoms with Crippen molar-refractivity contribution in [1.82, 2.24) is 4.90 Å². The molecular weight excluding hydrogens is 226 g/mol. The number of piperidine rings is 1. The fraction of sp³-hybridized carbons (Fsp3) is 0.917. The van der Waals surface area contributed by atoms with E-state index in [9.17, 15) is 4.79 Å². The summed E-state index contributed by atoms with van der Waals surface area (Å²) in [6, 6.07) is 0.523. The molecule has 2 atom stereocenters. The summed E-state index contributed by atoms with van der Waals surface area (Å²) in [6.45, 7) is 2.73. The number of fused-ring (bicyclic) bond motifs is 1. The number of halogens is 1. The third-order valence-corrected chi connectivity index (χ3v) is 3.84. The molecule has 0 aromatic heterocycles. The molecule has 1 aliphatic carbocycles. The first-order valence-electron chi connectivity index (χ1n) is 6.08. The largest absolute Gasteiger partial charge is 0.383 e. The standard InChI is InChI=1S/C12H21NO2.ClH/c1-15-9-8-13-7-6-12(14)10-4-2-3-5-11(10)13;/h10-11H,2-9H2,1H3;1H. The molecular formula is C12H22ClNO2. The Morgan fingerprint density at radius 2 is 2.12 bits per heavy atom. The molecule has 0 N–H and O–H groups in total. The third kappa shape index (κ3) is 2.96. The highest BCUT2D eigenvalue weighted by Gasteiger charge is 2.37. The molecule has 0 spiro atoms. The Bertz CT molecular complexity index is 235. The van der Waals surface area contributed by atoms with E-state index < -0.39 is 0 Å². The molecule has 1 aliphatic heterocycles. The Labute approximate surface area is 104 Å². The second kappa shape index (κ2) is 6.58. The van der Waals surface area contributed by atoms with Crippen molar-refractivity contribution < 1.29 is 9.53 Å². The number of nitrogens with zero attached hydrogens (tertiary/aromatic N) is 1. The number of methoxy groups -OCH3 is 1. The number of Topliss-reactive ketones (excluding diaryl/α,β-unsaturated/α-hetero) is 1. The van der Waals surface area contributed by atoms with Gasteiger partial charge in [0.1, 0.15) is 5.78 Å². The van der Waals surface area contributed by atoms with Crippen LogP contribution in [-0.2, 0) is 9.53 Å². The normalized spacial score (nSPS) is 30.7. The average Bonchev–Trinajstić information content (AvgIpc) is 2.29. The highest BCUT2D eigenvalue weighted by atomic mass is 35.5. The number of likely N-dealkylation sites (tertiary alicyclic amines) is 1. The molecule has 0 bridgehead atoms. The molecule has 2 rings (SSSR count). The monoisotopic (exact) mass is 247 g/mol. The van der Waals surface area contributed by atoms with E-state index in [4.69, 9.17) is 4.74 Å².